The third-order valence-corrected chi connectivity index (χ3v) is 5.46. The van der Waals surface area contributed by atoms with Gasteiger partial charge in [0.05, 0.1) is 22.5 Å². The van der Waals surface area contributed by atoms with Gasteiger partial charge in [0.2, 0.25) is 0 Å². The minimum atomic E-state index is -0.536. The van der Waals surface area contributed by atoms with E-state index >= 15 is 0 Å². The second-order valence-corrected chi connectivity index (χ2v) is 8.49. The van der Waals surface area contributed by atoms with Crippen molar-refractivity contribution in [1.82, 2.24) is 5.32 Å². The number of rotatable bonds is 5. The van der Waals surface area contributed by atoms with Crippen LogP contribution in [0.2, 0.25) is 0 Å². The molecule has 1 fully saturated rings. The molecular weight excluding hydrogens is 515 g/mol. The van der Waals surface area contributed by atoms with Gasteiger partial charge in [0, 0.05) is 0 Å². The molecule has 0 aromatic heterocycles. The molecule has 1 N–H and O–H groups in total. The van der Waals surface area contributed by atoms with E-state index in [2.05, 4.69) is 27.9 Å². The van der Waals surface area contributed by atoms with E-state index in [0.717, 1.165) is 9.13 Å². The van der Waals surface area contributed by atoms with Crippen LogP contribution in [0.1, 0.15) is 25.0 Å². The van der Waals surface area contributed by atoms with Crippen molar-refractivity contribution >= 4 is 63.5 Å². The lowest BCUT2D eigenvalue weighted by atomic mass is 10.1. The Morgan fingerprint density at radius 2 is 1.90 bits per heavy atom. The number of thiocarbonyl (C=S) groups is 1. The fraction of sp³-hybridized carbons (Fsp3) is 0.227. The summed E-state index contributed by atoms with van der Waals surface area (Å²) in [6, 6.07) is 10.9. The molecule has 2 aromatic rings. The number of hydrogen-bond acceptors (Lipinski definition) is 5. The van der Waals surface area contributed by atoms with Crippen molar-refractivity contribution in [2.75, 3.05) is 12.0 Å². The maximum atomic E-state index is 13.2. The second kappa shape index (κ2) is 9.13. The largest absolute Gasteiger partial charge is 0.493 e. The number of ether oxygens (including phenoxy) is 2. The average molecular weight is 536 g/mol. The molecule has 0 saturated carbocycles. The van der Waals surface area contributed by atoms with Gasteiger partial charge in [-0.25, -0.2) is 0 Å². The molecule has 0 bridgehead atoms. The van der Waals surface area contributed by atoms with Crippen molar-refractivity contribution in [3.8, 4) is 11.5 Å². The molecule has 2 aromatic carbocycles. The second-order valence-electron chi connectivity index (χ2n) is 6.95. The SMILES string of the molecule is COc1cc(/C=C2\C(=O)NC(=S)N(c3ccccc3C)C2=O)cc(I)c1OC(C)C. The number of aryl methyl sites for hydroxylation is 1. The Bertz CT molecular complexity index is 1070. The average Bonchev–Trinajstić information content (AvgIpc) is 2.68. The third-order valence-electron chi connectivity index (χ3n) is 4.37. The van der Waals surface area contributed by atoms with Crippen LogP contribution >= 0.6 is 34.8 Å². The summed E-state index contributed by atoms with van der Waals surface area (Å²) in [5.41, 5.74) is 2.13. The molecule has 0 radical (unpaired) electrons. The maximum Gasteiger partial charge on any atom is 0.270 e. The van der Waals surface area contributed by atoms with Crippen LogP contribution in [0.3, 0.4) is 0 Å². The van der Waals surface area contributed by atoms with Crippen LogP contribution in [0, 0.1) is 10.5 Å². The lowest BCUT2D eigenvalue weighted by Gasteiger charge is -2.30. The Labute approximate surface area is 194 Å². The molecule has 0 unspecified atom stereocenters. The predicted molar refractivity (Wildman–Crippen MR) is 129 cm³/mol. The fourth-order valence-corrected chi connectivity index (χ4v) is 4.06. The number of anilines is 1. The van der Waals surface area contributed by atoms with E-state index < -0.39 is 11.8 Å². The van der Waals surface area contributed by atoms with Gasteiger partial charge in [0.1, 0.15) is 5.57 Å². The van der Waals surface area contributed by atoms with Crippen LogP contribution in [-0.4, -0.2) is 30.1 Å². The number of benzene rings is 2. The normalized spacial score (nSPS) is 15.6. The molecule has 0 spiro atoms. The fourth-order valence-electron chi connectivity index (χ4n) is 3.03. The Morgan fingerprint density at radius 1 is 1.20 bits per heavy atom. The highest BCUT2D eigenvalue weighted by atomic mass is 127. The molecule has 156 valence electrons. The molecule has 0 aliphatic carbocycles. The van der Waals surface area contributed by atoms with Crippen LogP contribution in [0.25, 0.3) is 6.08 Å². The number of nitrogens with one attached hydrogen (secondary N) is 1. The monoisotopic (exact) mass is 536 g/mol. The smallest absolute Gasteiger partial charge is 0.270 e. The van der Waals surface area contributed by atoms with Gasteiger partial charge in [0.25, 0.3) is 11.8 Å². The highest BCUT2D eigenvalue weighted by Gasteiger charge is 2.35. The van der Waals surface area contributed by atoms with E-state index in [9.17, 15) is 9.59 Å². The summed E-state index contributed by atoms with van der Waals surface area (Å²) in [5.74, 6) is 0.135. The quantitative estimate of drug-likeness (QED) is 0.268. The van der Waals surface area contributed by atoms with Gasteiger partial charge < -0.3 is 9.47 Å². The van der Waals surface area contributed by atoms with Crippen LogP contribution in [0.4, 0.5) is 5.69 Å². The number of carbonyl (C=O) groups is 2. The zero-order valence-electron chi connectivity index (χ0n) is 17.0. The van der Waals surface area contributed by atoms with E-state index in [1.165, 1.54) is 11.0 Å². The number of methoxy groups -OCH3 is 1. The summed E-state index contributed by atoms with van der Waals surface area (Å²) in [6.07, 6.45) is 1.51. The summed E-state index contributed by atoms with van der Waals surface area (Å²) in [6.45, 7) is 5.74. The first-order valence-corrected chi connectivity index (χ1v) is 10.7. The van der Waals surface area contributed by atoms with Crippen LogP contribution < -0.4 is 19.7 Å². The van der Waals surface area contributed by atoms with Crippen molar-refractivity contribution < 1.29 is 19.1 Å². The van der Waals surface area contributed by atoms with Crippen molar-refractivity contribution in [2.24, 2.45) is 0 Å². The van der Waals surface area contributed by atoms with E-state index in [4.69, 9.17) is 21.7 Å². The van der Waals surface area contributed by atoms with Crippen LogP contribution in [-0.2, 0) is 9.59 Å². The lowest BCUT2D eigenvalue weighted by molar-refractivity contribution is -0.122. The summed E-state index contributed by atoms with van der Waals surface area (Å²) in [7, 11) is 1.55. The number of nitrogens with zero attached hydrogens (tertiary/aromatic N) is 1. The van der Waals surface area contributed by atoms with E-state index in [1.54, 1.807) is 19.2 Å². The summed E-state index contributed by atoms with van der Waals surface area (Å²) in [5, 5.41) is 2.67. The van der Waals surface area contributed by atoms with Crippen LogP contribution in [0.15, 0.2) is 42.0 Å². The molecule has 1 aliphatic rings. The molecule has 3 rings (SSSR count). The molecule has 6 nitrogen and oxygen atoms in total. The molecule has 30 heavy (non-hydrogen) atoms. The lowest BCUT2D eigenvalue weighted by Crippen LogP contribution is -2.54. The van der Waals surface area contributed by atoms with Gasteiger partial charge in [-0.2, -0.15) is 0 Å². The minimum Gasteiger partial charge on any atom is -0.493 e. The Hall–Kier alpha value is -2.46. The summed E-state index contributed by atoms with van der Waals surface area (Å²) >= 11 is 7.41. The van der Waals surface area contributed by atoms with E-state index in [1.807, 2.05) is 45.0 Å². The molecule has 1 aliphatic heterocycles. The van der Waals surface area contributed by atoms with Gasteiger partial charge in [-0.3, -0.25) is 19.8 Å². The van der Waals surface area contributed by atoms with Gasteiger partial charge in [-0.1, -0.05) is 18.2 Å². The summed E-state index contributed by atoms with van der Waals surface area (Å²) < 4.78 is 12.1. The van der Waals surface area contributed by atoms with Crippen LogP contribution in [0.5, 0.6) is 11.5 Å². The zero-order chi connectivity index (χ0) is 22.0. The van der Waals surface area contributed by atoms with Gasteiger partial charge in [-0.15, -0.1) is 0 Å². The third kappa shape index (κ3) is 4.49. The van der Waals surface area contributed by atoms with Crippen molar-refractivity contribution in [3.05, 3.63) is 56.7 Å². The maximum absolute atomic E-state index is 13.2. The van der Waals surface area contributed by atoms with Gasteiger partial charge in [-0.05, 0) is 91.0 Å². The summed E-state index contributed by atoms with van der Waals surface area (Å²) in [4.78, 5) is 27.1. The van der Waals surface area contributed by atoms with Gasteiger partial charge in [0.15, 0.2) is 16.6 Å². The molecule has 8 heteroatoms. The number of amides is 2. The highest BCUT2D eigenvalue weighted by Crippen LogP contribution is 2.35. The predicted octanol–water partition coefficient (Wildman–Crippen LogP) is 4.23. The highest BCUT2D eigenvalue weighted by molar-refractivity contribution is 14.1. The topological polar surface area (TPSA) is 67.9 Å². The first kappa shape index (κ1) is 22.2. The first-order valence-electron chi connectivity index (χ1n) is 9.24. The molecule has 2 amide bonds. The van der Waals surface area contributed by atoms with Crippen molar-refractivity contribution in [1.29, 1.82) is 0 Å². The molecule has 0 atom stereocenters. The van der Waals surface area contributed by atoms with E-state index in [0.29, 0.717) is 22.7 Å². The first-order chi connectivity index (χ1) is 14.2. The molecular formula is C22H21IN2O4S. The minimum absolute atomic E-state index is 0.0118. The Kier molecular flexibility index (Phi) is 6.77. The number of carbonyl (C=O) groups excluding carboxylic acids is 2. The molecule has 1 heterocycles. The zero-order valence-corrected chi connectivity index (χ0v) is 20.0. The van der Waals surface area contributed by atoms with Crippen molar-refractivity contribution in [3.63, 3.8) is 0 Å². The van der Waals surface area contributed by atoms with Crippen molar-refractivity contribution in [2.45, 2.75) is 26.9 Å². The van der Waals surface area contributed by atoms with E-state index in [-0.39, 0.29) is 16.8 Å². The van der Waals surface area contributed by atoms with Gasteiger partial charge >= 0.3 is 0 Å². The Balaban J connectivity index is 2.05. The standard InChI is InChI=1S/C22H21IN2O4S/c1-12(2)29-19-16(23)10-14(11-18(19)28-4)9-15-20(26)24-22(30)25(21(15)27)17-8-6-5-7-13(17)3/h5-12H,1-4H3,(H,24,26,30)/b15-9+. The number of hydrogen-bond donors (Lipinski definition) is 1. The number of halogens is 1. The molecule has 1 saturated heterocycles. The number of para-hydroxylation sites is 1. The Morgan fingerprint density at radius 3 is 2.53 bits per heavy atom.